The second-order valence-corrected chi connectivity index (χ2v) is 9.54. The Labute approximate surface area is 219 Å². The smallest absolute Gasteiger partial charge is 0.335 e. The average Bonchev–Trinajstić information content (AvgIpc) is 3.64. The molecule has 0 bridgehead atoms. The Hall–Kier alpha value is -4.31. The third-order valence-corrected chi connectivity index (χ3v) is 7.27. The molecule has 0 unspecified atom stereocenters. The Kier molecular flexibility index (Phi) is 6.03. The van der Waals surface area contributed by atoms with Crippen molar-refractivity contribution in [3.05, 3.63) is 59.9 Å². The number of benzene rings is 2. The van der Waals surface area contributed by atoms with Gasteiger partial charge in [0.1, 0.15) is 11.3 Å². The first kappa shape index (κ1) is 24.1. The summed E-state index contributed by atoms with van der Waals surface area (Å²) in [5.74, 6) is 0.185. The van der Waals surface area contributed by atoms with Crippen LogP contribution in [0.4, 0.5) is 5.69 Å². The molecular formula is C28H30N6O4. The summed E-state index contributed by atoms with van der Waals surface area (Å²) in [7, 11) is 1.55. The summed E-state index contributed by atoms with van der Waals surface area (Å²) in [6.07, 6.45) is 4.59. The summed E-state index contributed by atoms with van der Waals surface area (Å²) in [4.78, 5) is 19.2. The number of carbonyl (C=O) groups is 1. The van der Waals surface area contributed by atoms with Crippen LogP contribution >= 0.6 is 0 Å². The molecule has 6 rings (SSSR count). The van der Waals surface area contributed by atoms with E-state index in [1.54, 1.807) is 19.2 Å². The summed E-state index contributed by atoms with van der Waals surface area (Å²) in [5, 5.41) is 24.6. The number of para-hydroxylation sites is 1. The van der Waals surface area contributed by atoms with Crippen LogP contribution in [0.25, 0.3) is 33.5 Å². The van der Waals surface area contributed by atoms with E-state index in [0.717, 1.165) is 71.8 Å². The van der Waals surface area contributed by atoms with E-state index in [-0.39, 0.29) is 12.2 Å². The highest BCUT2D eigenvalue weighted by molar-refractivity contribution is 5.99. The van der Waals surface area contributed by atoms with Crippen molar-refractivity contribution in [2.75, 3.05) is 31.7 Å². The average molecular weight is 515 g/mol. The van der Waals surface area contributed by atoms with E-state index in [1.807, 2.05) is 24.0 Å². The Morgan fingerprint density at radius 3 is 2.76 bits per heavy atom. The number of aliphatic hydroxyl groups excluding tert-OH is 1. The first-order chi connectivity index (χ1) is 18.5. The van der Waals surface area contributed by atoms with Gasteiger partial charge < -0.3 is 29.0 Å². The summed E-state index contributed by atoms with van der Waals surface area (Å²) in [6, 6.07) is 11.6. The Morgan fingerprint density at radius 2 is 2.03 bits per heavy atom. The van der Waals surface area contributed by atoms with E-state index >= 15 is 0 Å². The number of aliphatic hydroxyl groups is 1. The molecule has 5 aromatic rings. The molecule has 2 N–H and O–H groups in total. The molecule has 0 radical (unpaired) electrons. The highest BCUT2D eigenvalue weighted by Gasteiger charge is 2.26. The number of fused-ring (bicyclic) bond motifs is 1. The highest BCUT2D eigenvalue weighted by atomic mass is 16.5. The first-order valence-electron chi connectivity index (χ1n) is 12.8. The quantitative estimate of drug-likeness (QED) is 0.308. The highest BCUT2D eigenvalue weighted by Crippen LogP contribution is 2.39. The lowest BCUT2D eigenvalue weighted by Gasteiger charge is -2.31. The molecule has 38 heavy (non-hydrogen) atoms. The van der Waals surface area contributed by atoms with E-state index in [9.17, 15) is 15.0 Å². The molecular weight excluding hydrogens is 484 g/mol. The number of aromatic carboxylic acids is 1. The maximum Gasteiger partial charge on any atom is 0.335 e. The topological polar surface area (TPSA) is 111 Å². The monoisotopic (exact) mass is 514 g/mol. The van der Waals surface area contributed by atoms with Gasteiger partial charge in [-0.1, -0.05) is 12.1 Å². The third kappa shape index (κ3) is 3.88. The maximum absolute atomic E-state index is 11.8. The van der Waals surface area contributed by atoms with E-state index in [4.69, 9.17) is 9.72 Å². The fourth-order valence-corrected chi connectivity index (χ4v) is 5.51. The molecule has 2 aromatic carbocycles. The third-order valence-electron chi connectivity index (χ3n) is 7.27. The number of imidazole rings is 1. The van der Waals surface area contributed by atoms with Crippen molar-refractivity contribution in [1.29, 1.82) is 0 Å². The van der Waals surface area contributed by atoms with Gasteiger partial charge in [-0.2, -0.15) is 5.10 Å². The minimum atomic E-state index is -1.03. The van der Waals surface area contributed by atoms with Gasteiger partial charge in [0.15, 0.2) is 5.82 Å². The molecule has 10 nitrogen and oxygen atoms in total. The number of hydrogen-bond donors (Lipinski definition) is 2. The summed E-state index contributed by atoms with van der Waals surface area (Å²) >= 11 is 0. The van der Waals surface area contributed by atoms with Gasteiger partial charge in [-0.05, 0) is 37.6 Å². The van der Waals surface area contributed by atoms with Gasteiger partial charge >= 0.3 is 5.97 Å². The van der Waals surface area contributed by atoms with Crippen LogP contribution in [0.1, 0.15) is 29.3 Å². The number of methoxy groups -OCH3 is 1. The Bertz CT molecular complexity index is 1660. The lowest BCUT2D eigenvalue weighted by Crippen LogP contribution is -2.33. The number of carboxylic acid groups (broad SMARTS) is 1. The largest absolute Gasteiger partial charge is 0.494 e. The van der Waals surface area contributed by atoms with Crippen LogP contribution in [0.3, 0.4) is 0 Å². The molecule has 196 valence electrons. The molecule has 0 fully saturated rings. The molecule has 0 spiro atoms. The standard InChI is InChI=1S/C28H30N6O4/c1-3-32-16-18(15-29-32)17-34-26-21(12-20(28(36)37)14-24(26)38-2)30-27(34)23-13-19-6-4-7-22-25(19)33(23)10-9-31(22)8-5-11-35/h4,6-7,12-16,35H,3,5,8-11,17H2,1-2H3,(H,36,37). The minimum absolute atomic E-state index is 0.132. The van der Waals surface area contributed by atoms with E-state index in [0.29, 0.717) is 17.8 Å². The van der Waals surface area contributed by atoms with E-state index in [2.05, 4.69) is 43.4 Å². The zero-order chi connectivity index (χ0) is 26.4. The van der Waals surface area contributed by atoms with Crippen LogP contribution in [0.15, 0.2) is 48.8 Å². The number of hydrogen-bond acceptors (Lipinski definition) is 6. The number of ether oxygens (including phenoxy) is 1. The zero-order valence-corrected chi connectivity index (χ0v) is 21.5. The van der Waals surface area contributed by atoms with Crippen molar-refractivity contribution < 1.29 is 19.7 Å². The number of carboxylic acids is 1. The minimum Gasteiger partial charge on any atom is -0.494 e. The van der Waals surface area contributed by atoms with Gasteiger partial charge in [0.2, 0.25) is 0 Å². The van der Waals surface area contributed by atoms with Crippen molar-refractivity contribution in [3.63, 3.8) is 0 Å². The van der Waals surface area contributed by atoms with Crippen LogP contribution in [0.2, 0.25) is 0 Å². The van der Waals surface area contributed by atoms with Crippen LogP contribution in [0.5, 0.6) is 5.75 Å². The van der Waals surface area contributed by atoms with E-state index in [1.165, 1.54) is 0 Å². The first-order valence-corrected chi connectivity index (χ1v) is 12.8. The number of aryl methyl sites for hydroxylation is 1. The van der Waals surface area contributed by atoms with Gasteiger partial charge in [0.05, 0.1) is 47.8 Å². The molecule has 1 aliphatic rings. The van der Waals surface area contributed by atoms with Crippen molar-refractivity contribution in [3.8, 4) is 17.3 Å². The SMILES string of the molecule is CCn1cc(Cn2c(-c3cc4cccc5c4n3CCN5CCCO)nc3cc(C(=O)O)cc(OC)c32)cn1. The predicted octanol–water partition coefficient (Wildman–Crippen LogP) is 3.83. The lowest BCUT2D eigenvalue weighted by molar-refractivity contribution is 0.0696. The van der Waals surface area contributed by atoms with Gasteiger partial charge in [0.25, 0.3) is 0 Å². The second-order valence-electron chi connectivity index (χ2n) is 9.54. The Balaban J connectivity index is 1.58. The molecule has 0 saturated heterocycles. The van der Waals surface area contributed by atoms with Crippen LogP contribution < -0.4 is 9.64 Å². The fourth-order valence-electron chi connectivity index (χ4n) is 5.51. The van der Waals surface area contributed by atoms with E-state index < -0.39 is 5.97 Å². The summed E-state index contributed by atoms with van der Waals surface area (Å²) in [6.45, 7) is 5.88. The lowest BCUT2D eigenvalue weighted by atomic mass is 10.1. The fraction of sp³-hybridized carbons (Fsp3) is 0.321. The summed E-state index contributed by atoms with van der Waals surface area (Å²) < 4.78 is 12.0. The number of rotatable bonds is 9. The zero-order valence-electron chi connectivity index (χ0n) is 21.5. The van der Waals surface area contributed by atoms with Gasteiger partial charge in [-0.15, -0.1) is 0 Å². The molecule has 0 amide bonds. The van der Waals surface area contributed by atoms with Crippen molar-refractivity contribution >= 4 is 33.6 Å². The molecule has 0 aliphatic carbocycles. The second kappa shape index (κ2) is 9.53. The summed E-state index contributed by atoms with van der Waals surface area (Å²) in [5.41, 5.74) is 5.71. The molecule has 0 saturated carbocycles. The van der Waals surface area contributed by atoms with Crippen molar-refractivity contribution in [2.45, 2.75) is 33.0 Å². The Morgan fingerprint density at radius 1 is 1.16 bits per heavy atom. The van der Waals surface area contributed by atoms with Crippen molar-refractivity contribution in [2.24, 2.45) is 0 Å². The van der Waals surface area contributed by atoms with Gasteiger partial charge in [-0.3, -0.25) is 4.68 Å². The molecule has 4 heterocycles. The van der Waals surface area contributed by atoms with Gasteiger partial charge in [-0.25, -0.2) is 9.78 Å². The molecule has 10 heteroatoms. The predicted molar refractivity (Wildman–Crippen MR) is 145 cm³/mol. The molecule has 0 atom stereocenters. The normalized spacial score (nSPS) is 13.1. The van der Waals surface area contributed by atoms with Crippen LogP contribution in [0, 0.1) is 0 Å². The van der Waals surface area contributed by atoms with Crippen LogP contribution in [-0.4, -0.2) is 66.9 Å². The number of nitrogens with zero attached hydrogens (tertiary/aromatic N) is 6. The molecule has 3 aromatic heterocycles. The number of anilines is 1. The number of aromatic nitrogens is 5. The van der Waals surface area contributed by atoms with Crippen molar-refractivity contribution in [1.82, 2.24) is 23.9 Å². The van der Waals surface area contributed by atoms with Gasteiger partial charge in [0, 0.05) is 49.9 Å². The molecule has 1 aliphatic heterocycles. The van der Waals surface area contributed by atoms with Crippen LogP contribution in [-0.2, 0) is 19.6 Å². The maximum atomic E-state index is 11.8.